The van der Waals surface area contributed by atoms with Gasteiger partial charge in [-0.05, 0) is 61.5 Å². The van der Waals surface area contributed by atoms with Crippen molar-refractivity contribution >= 4 is 40.3 Å². The first-order valence-corrected chi connectivity index (χ1v) is 10.4. The maximum absolute atomic E-state index is 13.3. The zero-order chi connectivity index (χ0) is 20.1. The van der Waals surface area contributed by atoms with Gasteiger partial charge in [-0.2, -0.15) is 0 Å². The average Bonchev–Trinajstić information content (AvgIpc) is 2.68. The van der Waals surface area contributed by atoms with Crippen LogP contribution in [0.3, 0.4) is 0 Å². The van der Waals surface area contributed by atoms with Crippen LogP contribution in [-0.2, 0) is 0 Å². The fourth-order valence-electron chi connectivity index (χ4n) is 3.42. The Kier molecular flexibility index (Phi) is 7.10. The van der Waals surface area contributed by atoms with Crippen molar-refractivity contribution in [3.8, 4) is 0 Å². The molecule has 150 valence electrons. The van der Waals surface area contributed by atoms with Crippen LogP contribution in [0.5, 0.6) is 0 Å². The molecule has 0 unspecified atom stereocenters. The topological polar surface area (TPSA) is 31.7 Å². The van der Waals surface area contributed by atoms with Gasteiger partial charge in [-0.25, -0.2) is 4.39 Å². The molecule has 1 heterocycles. The van der Waals surface area contributed by atoms with Crippen LogP contribution < -0.4 is 20.4 Å². The lowest BCUT2D eigenvalue weighted by atomic mass is 10.1. The van der Waals surface area contributed by atoms with Crippen LogP contribution in [0.2, 0.25) is 5.02 Å². The van der Waals surface area contributed by atoms with E-state index in [1.165, 1.54) is 22.1 Å². The van der Waals surface area contributed by atoms with Gasteiger partial charge in [0.05, 0.1) is 44.3 Å². The molecule has 0 bridgehead atoms. The number of hydrogen-bond donors (Lipinski definition) is 3. The smallest absolute Gasteiger partial charge is 0.170 e. The lowest BCUT2D eigenvalue weighted by molar-refractivity contribution is -0.899. The monoisotopic (exact) mass is 421 g/mol. The summed E-state index contributed by atoms with van der Waals surface area (Å²) in [6.07, 6.45) is 0. The third kappa shape index (κ3) is 5.34. The molecular weight excluding hydrogens is 395 g/mol. The molecule has 0 atom stereocenters. The number of thiocarbonyl (C=S) groups is 1. The van der Waals surface area contributed by atoms with Crippen LogP contribution in [-0.4, -0.2) is 44.4 Å². The molecular formula is C21H27ClFN4S+. The quantitative estimate of drug-likeness (QED) is 0.648. The van der Waals surface area contributed by atoms with Gasteiger partial charge < -0.3 is 20.4 Å². The van der Waals surface area contributed by atoms with Crippen LogP contribution in [0.4, 0.5) is 15.8 Å². The van der Waals surface area contributed by atoms with Crippen molar-refractivity contribution in [1.29, 1.82) is 0 Å². The molecule has 0 saturated carbocycles. The zero-order valence-corrected chi connectivity index (χ0v) is 17.9. The standard InChI is InChI=1S/C21H26ClFN4S/c1-15-4-3-5-20(16(15)2)25-21(28)24-8-9-26-10-12-27(13-11-26)17-6-7-19(23)18(22)14-17/h3-7,14H,8-13H2,1-2H3,(H2,24,25,28)/p+1. The predicted octanol–water partition coefficient (Wildman–Crippen LogP) is 2.79. The number of quaternary nitrogens is 1. The van der Waals surface area contributed by atoms with Gasteiger partial charge in [-0.3, -0.25) is 0 Å². The predicted molar refractivity (Wildman–Crippen MR) is 119 cm³/mol. The Bertz CT molecular complexity index is 837. The Labute approximate surface area is 176 Å². The maximum Gasteiger partial charge on any atom is 0.170 e. The second-order valence-electron chi connectivity index (χ2n) is 7.21. The summed E-state index contributed by atoms with van der Waals surface area (Å²) in [6.45, 7) is 9.96. The number of benzene rings is 2. The third-order valence-electron chi connectivity index (χ3n) is 5.36. The SMILES string of the molecule is Cc1cccc(NC(=S)NCC[NH+]2CCN(c3ccc(F)c(Cl)c3)CC2)c1C. The number of nitrogens with one attached hydrogen (secondary N) is 3. The van der Waals surface area contributed by atoms with Gasteiger partial charge in [0.1, 0.15) is 5.82 Å². The zero-order valence-electron chi connectivity index (χ0n) is 16.3. The highest BCUT2D eigenvalue weighted by Crippen LogP contribution is 2.22. The molecule has 0 aliphatic carbocycles. The molecule has 4 nitrogen and oxygen atoms in total. The summed E-state index contributed by atoms with van der Waals surface area (Å²) in [7, 11) is 0. The van der Waals surface area contributed by atoms with Crippen molar-refractivity contribution in [3.63, 3.8) is 0 Å². The minimum Gasteiger partial charge on any atom is -0.360 e. The minimum absolute atomic E-state index is 0.182. The molecule has 0 radical (unpaired) electrons. The number of anilines is 2. The minimum atomic E-state index is -0.369. The summed E-state index contributed by atoms with van der Waals surface area (Å²) in [4.78, 5) is 3.79. The van der Waals surface area contributed by atoms with E-state index in [0.717, 1.165) is 50.6 Å². The van der Waals surface area contributed by atoms with Gasteiger partial charge in [-0.1, -0.05) is 23.7 Å². The van der Waals surface area contributed by atoms with Crippen molar-refractivity contribution in [2.24, 2.45) is 0 Å². The number of nitrogens with zero attached hydrogens (tertiary/aromatic N) is 1. The van der Waals surface area contributed by atoms with Gasteiger partial charge in [0.2, 0.25) is 0 Å². The van der Waals surface area contributed by atoms with Crippen LogP contribution in [0.1, 0.15) is 11.1 Å². The Morgan fingerprint density at radius 3 is 2.68 bits per heavy atom. The molecule has 1 aliphatic rings. The van der Waals surface area contributed by atoms with E-state index >= 15 is 0 Å². The summed E-state index contributed by atoms with van der Waals surface area (Å²) in [6, 6.07) is 11.1. The summed E-state index contributed by atoms with van der Waals surface area (Å²) in [5, 5.41) is 7.44. The number of hydrogen-bond acceptors (Lipinski definition) is 2. The molecule has 2 aromatic carbocycles. The Hall–Kier alpha value is -1.89. The molecule has 7 heteroatoms. The van der Waals surface area contributed by atoms with Gasteiger partial charge in [0.25, 0.3) is 0 Å². The Balaban J connectivity index is 1.40. The van der Waals surface area contributed by atoms with E-state index in [2.05, 4.69) is 35.4 Å². The lowest BCUT2D eigenvalue weighted by Crippen LogP contribution is -3.15. The van der Waals surface area contributed by atoms with Gasteiger partial charge >= 0.3 is 0 Å². The fourth-order valence-corrected chi connectivity index (χ4v) is 3.81. The molecule has 3 rings (SSSR count). The lowest BCUT2D eigenvalue weighted by Gasteiger charge is -2.33. The normalized spacial score (nSPS) is 14.8. The van der Waals surface area contributed by atoms with Crippen LogP contribution in [0.15, 0.2) is 36.4 Å². The van der Waals surface area contributed by atoms with Crippen molar-refractivity contribution in [2.75, 3.05) is 49.5 Å². The average molecular weight is 422 g/mol. The maximum atomic E-state index is 13.3. The molecule has 3 N–H and O–H groups in total. The molecule has 28 heavy (non-hydrogen) atoms. The molecule has 0 aromatic heterocycles. The molecule has 1 saturated heterocycles. The Morgan fingerprint density at radius 1 is 1.21 bits per heavy atom. The number of rotatable bonds is 5. The van der Waals surface area contributed by atoms with E-state index in [4.69, 9.17) is 23.8 Å². The first-order chi connectivity index (χ1) is 13.4. The molecule has 0 amide bonds. The largest absolute Gasteiger partial charge is 0.360 e. The second kappa shape index (κ2) is 9.54. The van der Waals surface area contributed by atoms with E-state index in [-0.39, 0.29) is 10.8 Å². The number of piperazine rings is 1. The van der Waals surface area contributed by atoms with Crippen LogP contribution >= 0.6 is 23.8 Å². The molecule has 1 fully saturated rings. The summed E-state index contributed by atoms with van der Waals surface area (Å²) < 4.78 is 13.3. The fraction of sp³-hybridized carbons (Fsp3) is 0.381. The van der Waals surface area contributed by atoms with Crippen molar-refractivity contribution in [2.45, 2.75) is 13.8 Å². The van der Waals surface area contributed by atoms with Crippen molar-refractivity contribution in [3.05, 3.63) is 58.4 Å². The highest BCUT2D eigenvalue weighted by molar-refractivity contribution is 7.80. The van der Waals surface area contributed by atoms with E-state index < -0.39 is 0 Å². The van der Waals surface area contributed by atoms with Crippen molar-refractivity contribution in [1.82, 2.24) is 5.32 Å². The molecule has 2 aromatic rings. The summed E-state index contributed by atoms with van der Waals surface area (Å²) in [5.41, 5.74) is 4.51. The summed E-state index contributed by atoms with van der Waals surface area (Å²) >= 11 is 11.3. The molecule has 0 spiro atoms. The van der Waals surface area contributed by atoms with E-state index in [1.54, 1.807) is 12.1 Å². The first-order valence-electron chi connectivity index (χ1n) is 9.58. The van der Waals surface area contributed by atoms with E-state index in [9.17, 15) is 4.39 Å². The number of halogens is 2. The highest BCUT2D eigenvalue weighted by atomic mass is 35.5. The Morgan fingerprint density at radius 2 is 1.96 bits per heavy atom. The van der Waals surface area contributed by atoms with Crippen LogP contribution in [0.25, 0.3) is 0 Å². The van der Waals surface area contributed by atoms with Gasteiger partial charge in [0, 0.05) is 11.4 Å². The third-order valence-corrected chi connectivity index (χ3v) is 5.89. The molecule has 1 aliphatic heterocycles. The van der Waals surface area contributed by atoms with Gasteiger partial charge in [0.15, 0.2) is 5.11 Å². The van der Waals surface area contributed by atoms with Gasteiger partial charge in [-0.15, -0.1) is 0 Å². The number of aryl methyl sites for hydroxylation is 1. The van der Waals surface area contributed by atoms with E-state index in [1.807, 2.05) is 12.1 Å². The van der Waals surface area contributed by atoms with E-state index in [0.29, 0.717) is 5.11 Å². The second-order valence-corrected chi connectivity index (χ2v) is 8.03. The van der Waals surface area contributed by atoms with Crippen LogP contribution in [0, 0.1) is 19.7 Å². The first kappa shape index (κ1) is 20.8. The summed E-state index contributed by atoms with van der Waals surface area (Å²) in [5.74, 6) is -0.369. The van der Waals surface area contributed by atoms with Crippen molar-refractivity contribution < 1.29 is 9.29 Å². The highest BCUT2D eigenvalue weighted by Gasteiger charge is 2.20.